The average Bonchev–Trinajstić information content (AvgIpc) is 2.58. The molecule has 1 heterocycles. The standard InChI is InChI=1S/C13H19NO2S/c1-11-4-2-5-12(8-11)9-14-10-13-6-3-7-17(13,15)16/h2,4-5,8,13-14H,3,6-7,9-10H2,1H3. The van der Waals surface area contributed by atoms with Gasteiger partial charge in [0.15, 0.2) is 9.84 Å². The minimum Gasteiger partial charge on any atom is -0.311 e. The van der Waals surface area contributed by atoms with Crippen LogP contribution in [0.3, 0.4) is 0 Å². The van der Waals surface area contributed by atoms with Crippen molar-refractivity contribution in [3.63, 3.8) is 0 Å². The first-order valence-electron chi connectivity index (χ1n) is 6.06. The summed E-state index contributed by atoms with van der Waals surface area (Å²) in [7, 11) is -2.81. The van der Waals surface area contributed by atoms with Gasteiger partial charge in [-0.05, 0) is 25.3 Å². The number of hydrogen-bond donors (Lipinski definition) is 1. The monoisotopic (exact) mass is 253 g/mol. The highest BCUT2D eigenvalue weighted by Crippen LogP contribution is 2.19. The summed E-state index contributed by atoms with van der Waals surface area (Å²) >= 11 is 0. The molecule has 1 aliphatic rings. The molecule has 1 aromatic carbocycles. The van der Waals surface area contributed by atoms with E-state index in [1.165, 1.54) is 11.1 Å². The van der Waals surface area contributed by atoms with Crippen molar-refractivity contribution < 1.29 is 8.42 Å². The summed E-state index contributed by atoms with van der Waals surface area (Å²) in [6.07, 6.45) is 1.63. The maximum absolute atomic E-state index is 11.6. The van der Waals surface area contributed by atoms with Crippen molar-refractivity contribution in [1.29, 1.82) is 0 Å². The normalized spacial score (nSPS) is 22.8. The molecule has 4 heteroatoms. The van der Waals surface area contributed by atoms with Crippen LogP contribution >= 0.6 is 0 Å². The van der Waals surface area contributed by atoms with Crippen molar-refractivity contribution in [3.8, 4) is 0 Å². The van der Waals surface area contributed by atoms with Crippen LogP contribution in [0.15, 0.2) is 24.3 Å². The second-order valence-corrected chi connectivity index (χ2v) is 7.15. The third-order valence-corrected chi connectivity index (χ3v) is 5.52. The van der Waals surface area contributed by atoms with E-state index in [2.05, 4.69) is 30.4 Å². The van der Waals surface area contributed by atoms with Gasteiger partial charge in [-0.15, -0.1) is 0 Å². The molecule has 0 saturated carbocycles. The van der Waals surface area contributed by atoms with Gasteiger partial charge in [0.2, 0.25) is 0 Å². The molecule has 0 bridgehead atoms. The highest BCUT2D eigenvalue weighted by atomic mass is 32.2. The van der Waals surface area contributed by atoms with Crippen molar-refractivity contribution >= 4 is 9.84 Å². The van der Waals surface area contributed by atoms with Crippen LogP contribution in [0.5, 0.6) is 0 Å². The third kappa shape index (κ3) is 3.30. The Morgan fingerprint density at radius 1 is 1.41 bits per heavy atom. The van der Waals surface area contributed by atoms with E-state index < -0.39 is 9.84 Å². The predicted octanol–water partition coefficient (Wildman–Crippen LogP) is 1.66. The van der Waals surface area contributed by atoms with E-state index in [0.717, 1.165) is 19.4 Å². The second-order valence-electron chi connectivity index (χ2n) is 4.75. The summed E-state index contributed by atoms with van der Waals surface area (Å²) in [5.41, 5.74) is 2.44. The van der Waals surface area contributed by atoms with Gasteiger partial charge in [0.05, 0.1) is 11.0 Å². The molecule has 0 spiro atoms. The van der Waals surface area contributed by atoms with Crippen LogP contribution in [0.25, 0.3) is 0 Å². The molecule has 94 valence electrons. The maximum atomic E-state index is 11.6. The zero-order chi connectivity index (χ0) is 12.3. The summed E-state index contributed by atoms with van der Waals surface area (Å²) in [6.45, 7) is 3.38. The van der Waals surface area contributed by atoms with E-state index in [-0.39, 0.29) is 5.25 Å². The summed E-state index contributed by atoms with van der Waals surface area (Å²) in [5.74, 6) is 0.365. The highest BCUT2D eigenvalue weighted by molar-refractivity contribution is 7.92. The van der Waals surface area contributed by atoms with Gasteiger partial charge in [0.1, 0.15) is 0 Å². The van der Waals surface area contributed by atoms with Gasteiger partial charge in [-0.25, -0.2) is 8.42 Å². The van der Waals surface area contributed by atoms with E-state index in [0.29, 0.717) is 12.3 Å². The van der Waals surface area contributed by atoms with Gasteiger partial charge in [0, 0.05) is 13.1 Å². The molecule has 17 heavy (non-hydrogen) atoms. The summed E-state index contributed by atoms with van der Waals surface area (Å²) < 4.78 is 23.2. The molecule has 0 aromatic heterocycles. The number of benzene rings is 1. The van der Waals surface area contributed by atoms with Crippen LogP contribution in [0.2, 0.25) is 0 Å². The Morgan fingerprint density at radius 3 is 2.88 bits per heavy atom. The van der Waals surface area contributed by atoms with Crippen molar-refractivity contribution in [2.45, 2.75) is 31.6 Å². The topological polar surface area (TPSA) is 46.2 Å². The van der Waals surface area contributed by atoms with E-state index in [9.17, 15) is 8.42 Å². The lowest BCUT2D eigenvalue weighted by atomic mass is 10.1. The number of sulfone groups is 1. The largest absolute Gasteiger partial charge is 0.311 e. The zero-order valence-corrected chi connectivity index (χ0v) is 11.0. The number of rotatable bonds is 4. The molecule has 1 saturated heterocycles. The lowest BCUT2D eigenvalue weighted by Gasteiger charge is -2.11. The van der Waals surface area contributed by atoms with Crippen LogP contribution in [-0.2, 0) is 16.4 Å². The Kier molecular flexibility index (Phi) is 3.84. The predicted molar refractivity (Wildman–Crippen MR) is 69.7 cm³/mol. The van der Waals surface area contributed by atoms with Crippen LogP contribution in [-0.4, -0.2) is 26.0 Å². The molecule has 1 atom stereocenters. The van der Waals surface area contributed by atoms with E-state index in [1.54, 1.807) is 0 Å². The molecule has 0 radical (unpaired) electrons. The van der Waals surface area contributed by atoms with E-state index in [4.69, 9.17) is 0 Å². The maximum Gasteiger partial charge on any atom is 0.154 e. The van der Waals surface area contributed by atoms with Crippen LogP contribution in [0.4, 0.5) is 0 Å². The Balaban J connectivity index is 1.84. The molecule has 0 aliphatic carbocycles. The van der Waals surface area contributed by atoms with Crippen molar-refractivity contribution in [2.24, 2.45) is 0 Å². The third-order valence-electron chi connectivity index (χ3n) is 3.25. The molecular formula is C13H19NO2S. The lowest BCUT2D eigenvalue weighted by molar-refractivity contribution is 0.574. The first kappa shape index (κ1) is 12.6. The number of hydrogen-bond acceptors (Lipinski definition) is 3. The minimum absolute atomic E-state index is 0.174. The molecule has 1 unspecified atom stereocenters. The van der Waals surface area contributed by atoms with E-state index >= 15 is 0 Å². The molecule has 1 N–H and O–H groups in total. The van der Waals surface area contributed by atoms with Crippen molar-refractivity contribution in [2.75, 3.05) is 12.3 Å². The Labute approximate surface area is 103 Å². The van der Waals surface area contributed by atoms with Crippen LogP contribution in [0.1, 0.15) is 24.0 Å². The fourth-order valence-corrected chi connectivity index (χ4v) is 4.09. The van der Waals surface area contributed by atoms with Crippen LogP contribution < -0.4 is 5.32 Å². The summed E-state index contributed by atoms with van der Waals surface area (Å²) in [4.78, 5) is 0. The molecule has 0 amide bonds. The highest BCUT2D eigenvalue weighted by Gasteiger charge is 2.30. The quantitative estimate of drug-likeness (QED) is 0.887. The zero-order valence-electron chi connectivity index (χ0n) is 10.1. The molecular weight excluding hydrogens is 234 g/mol. The second kappa shape index (κ2) is 5.19. The summed E-state index contributed by atoms with van der Waals surface area (Å²) in [5, 5.41) is 3.07. The van der Waals surface area contributed by atoms with Gasteiger partial charge in [-0.3, -0.25) is 0 Å². The van der Waals surface area contributed by atoms with Gasteiger partial charge < -0.3 is 5.32 Å². The Hall–Kier alpha value is -0.870. The van der Waals surface area contributed by atoms with Crippen LogP contribution in [0, 0.1) is 6.92 Å². The smallest absolute Gasteiger partial charge is 0.154 e. The SMILES string of the molecule is Cc1cccc(CNCC2CCCS2(=O)=O)c1. The van der Waals surface area contributed by atoms with Crippen molar-refractivity contribution in [1.82, 2.24) is 5.32 Å². The average molecular weight is 253 g/mol. The van der Waals surface area contributed by atoms with Crippen molar-refractivity contribution in [3.05, 3.63) is 35.4 Å². The molecule has 1 aromatic rings. The Bertz CT molecular complexity index is 482. The van der Waals surface area contributed by atoms with Gasteiger partial charge in [-0.2, -0.15) is 0 Å². The van der Waals surface area contributed by atoms with Gasteiger partial charge in [0.25, 0.3) is 0 Å². The number of nitrogens with one attached hydrogen (secondary N) is 1. The fourth-order valence-electron chi connectivity index (χ4n) is 2.29. The molecule has 1 fully saturated rings. The van der Waals surface area contributed by atoms with Gasteiger partial charge >= 0.3 is 0 Å². The first-order chi connectivity index (χ1) is 8.08. The lowest BCUT2D eigenvalue weighted by Crippen LogP contribution is -2.30. The van der Waals surface area contributed by atoms with Gasteiger partial charge in [-0.1, -0.05) is 29.8 Å². The summed E-state index contributed by atoms with van der Waals surface area (Å²) in [6, 6.07) is 8.27. The fraction of sp³-hybridized carbons (Fsp3) is 0.538. The first-order valence-corrected chi connectivity index (χ1v) is 7.77. The van der Waals surface area contributed by atoms with E-state index in [1.807, 2.05) is 6.07 Å². The molecule has 3 nitrogen and oxygen atoms in total. The number of aryl methyl sites for hydroxylation is 1. The molecule has 1 aliphatic heterocycles. The Morgan fingerprint density at radius 2 is 2.24 bits per heavy atom. The minimum atomic E-state index is -2.81. The molecule has 2 rings (SSSR count).